The number of rotatable bonds is 3. The first kappa shape index (κ1) is 15.6. The summed E-state index contributed by atoms with van der Waals surface area (Å²) >= 11 is 0. The fourth-order valence-corrected chi connectivity index (χ4v) is 6.01. The lowest BCUT2D eigenvalue weighted by atomic mass is 9.89. The number of piperidine rings is 1. The molecule has 5 heteroatoms. The van der Waals surface area contributed by atoms with E-state index in [9.17, 15) is 8.42 Å². The van der Waals surface area contributed by atoms with Crippen LogP contribution in [0.4, 0.5) is 0 Å². The topological polar surface area (TPSA) is 49.4 Å². The second-order valence-electron chi connectivity index (χ2n) is 7.23. The zero-order chi connectivity index (χ0) is 15.9. The van der Waals surface area contributed by atoms with Crippen LogP contribution in [-0.2, 0) is 22.9 Å². The van der Waals surface area contributed by atoms with Crippen LogP contribution < -0.4 is 5.32 Å². The van der Waals surface area contributed by atoms with Crippen molar-refractivity contribution in [2.75, 3.05) is 19.6 Å². The van der Waals surface area contributed by atoms with Gasteiger partial charge in [0.2, 0.25) is 10.0 Å². The third kappa shape index (κ3) is 2.94. The van der Waals surface area contributed by atoms with Gasteiger partial charge in [-0.05, 0) is 80.7 Å². The lowest BCUT2D eigenvalue weighted by Gasteiger charge is -2.34. The number of fused-ring (bicyclic) bond motifs is 1. The first-order chi connectivity index (χ1) is 11.1. The van der Waals surface area contributed by atoms with Gasteiger partial charge < -0.3 is 5.32 Å². The summed E-state index contributed by atoms with van der Waals surface area (Å²) in [5, 5.41) is 3.57. The highest BCUT2D eigenvalue weighted by atomic mass is 32.2. The fourth-order valence-electron chi connectivity index (χ4n) is 4.49. The van der Waals surface area contributed by atoms with Crippen LogP contribution in [0, 0.1) is 5.92 Å². The molecule has 1 aromatic carbocycles. The van der Waals surface area contributed by atoms with Gasteiger partial charge in [0, 0.05) is 19.1 Å². The lowest BCUT2D eigenvalue weighted by Crippen LogP contribution is -2.43. The predicted octanol–water partition coefficient (Wildman–Crippen LogP) is 2.33. The molecule has 1 aromatic rings. The maximum absolute atomic E-state index is 12.9. The normalized spacial score (nSPS) is 26.5. The van der Waals surface area contributed by atoms with Crippen LogP contribution in [0.25, 0.3) is 0 Å². The Labute approximate surface area is 139 Å². The van der Waals surface area contributed by atoms with Crippen molar-refractivity contribution in [1.82, 2.24) is 9.62 Å². The largest absolute Gasteiger partial charge is 0.314 e. The minimum Gasteiger partial charge on any atom is -0.314 e. The molecule has 1 atom stereocenters. The molecule has 2 fully saturated rings. The van der Waals surface area contributed by atoms with Gasteiger partial charge in [0.15, 0.2) is 0 Å². The van der Waals surface area contributed by atoms with Crippen LogP contribution in [0.5, 0.6) is 0 Å². The third-order valence-electron chi connectivity index (χ3n) is 5.87. The van der Waals surface area contributed by atoms with Crippen LogP contribution in [0.15, 0.2) is 23.1 Å². The second-order valence-corrected chi connectivity index (χ2v) is 9.17. The van der Waals surface area contributed by atoms with Gasteiger partial charge in [0.1, 0.15) is 0 Å². The van der Waals surface area contributed by atoms with Gasteiger partial charge in [-0.3, -0.25) is 0 Å². The van der Waals surface area contributed by atoms with Gasteiger partial charge in [-0.2, -0.15) is 4.31 Å². The van der Waals surface area contributed by atoms with Crippen LogP contribution in [0.3, 0.4) is 0 Å². The highest BCUT2D eigenvalue weighted by molar-refractivity contribution is 7.89. The summed E-state index contributed by atoms with van der Waals surface area (Å²) in [6, 6.07) is 6.36. The molecule has 3 aliphatic rings. The molecule has 1 unspecified atom stereocenters. The summed E-state index contributed by atoms with van der Waals surface area (Å²) in [6.07, 6.45) is 7.76. The Balaban J connectivity index is 1.47. The Bertz CT molecular complexity index is 672. The summed E-state index contributed by atoms with van der Waals surface area (Å²) in [4.78, 5) is 0.496. The Morgan fingerprint density at radius 2 is 1.78 bits per heavy atom. The fraction of sp³-hybridized carbons (Fsp3) is 0.667. The molecule has 0 aromatic heterocycles. The molecule has 126 valence electrons. The van der Waals surface area contributed by atoms with E-state index in [1.165, 1.54) is 24.0 Å². The van der Waals surface area contributed by atoms with Crippen LogP contribution in [-0.4, -0.2) is 38.4 Å². The van der Waals surface area contributed by atoms with E-state index in [2.05, 4.69) is 5.32 Å². The maximum atomic E-state index is 12.9. The molecule has 4 nitrogen and oxygen atoms in total. The molecule has 0 amide bonds. The third-order valence-corrected chi connectivity index (χ3v) is 7.77. The number of hydrogen-bond donors (Lipinski definition) is 1. The molecule has 1 N–H and O–H groups in total. The number of aryl methyl sites for hydroxylation is 2. The highest BCUT2D eigenvalue weighted by Gasteiger charge is 2.33. The second kappa shape index (κ2) is 6.19. The summed E-state index contributed by atoms with van der Waals surface area (Å²) < 4.78 is 27.6. The summed E-state index contributed by atoms with van der Waals surface area (Å²) in [7, 11) is -3.32. The molecule has 4 rings (SSSR count). The molecule has 0 saturated carbocycles. The molecule has 2 aliphatic heterocycles. The van der Waals surface area contributed by atoms with E-state index in [-0.39, 0.29) is 0 Å². The van der Waals surface area contributed by atoms with E-state index in [0.717, 1.165) is 38.6 Å². The average Bonchev–Trinajstić information content (AvgIpc) is 3.25. The molecule has 2 saturated heterocycles. The molecule has 0 spiro atoms. The van der Waals surface area contributed by atoms with Gasteiger partial charge in [0.05, 0.1) is 4.90 Å². The smallest absolute Gasteiger partial charge is 0.243 e. The van der Waals surface area contributed by atoms with Gasteiger partial charge in [-0.1, -0.05) is 6.07 Å². The molecule has 2 heterocycles. The number of nitrogens with zero attached hydrogens (tertiary/aromatic N) is 1. The van der Waals surface area contributed by atoms with Gasteiger partial charge in [0.25, 0.3) is 0 Å². The number of benzene rings is 1. The van der Waals surface area contributed by atoms with Crippen molar-refractivity contribution in [3.8, 4) is 0 Å². The van der Waals surface area contributed by atoms with Gasteiger partial charge in [-0.15, -0.1) is 0 Å². The van der Waals surface area contributed by atoms with Gasteiger partial charge in [-0.25, -0.2) is 8.42 Å². The quantitative estimate of drug-likeness (QED) is 0.923. The molecular weight excluding hydrogens is 308 g/mol. The summed E-state index contributed by atoms with van der Waals surface area (Å²) in [6.45, 7) is 2.46. The first-order valence-electron chi connectivity index (χ1n) is 9.00. The number of hydrogen-bond acceptors (Lipinski definition) is 3. The van der Waals surface area contributed by atoms with Crippen molar-refractivity contribution in [2.45, 2.75) is 55.9 Å². The molecule has 0 bridgehead atoms. The van der Waals surface area contributed by atoms with Gasteiger partial charge >= 0.3 is 0 Å². The predicted molar refractivity (Wildman–Crippen MR) is 91.0 cm³/mol. The van der Waals surface area contributed by atoms with E-state index in [1.807, 2.05) is 18.2 Å². The maximum Gasteiger partial charge on any atom is 0.243 e. The Morgan fingerprint density at radius 3 is 2.52 bits per heavy atom. The number of sulfonamides is 1. The Hall–Kier alpha value is -0.910. The molecule has 0 radical (unpaired) electrons. The Kier molecular flexibility index (Phi) is 4.20. The van der Waals surface area contributed by atoms with Crippen molar-refractivity contribution in [2.24, 2.45) is 5.92 Å². The van der Waals surface area contributed by atoms with Crippen molar-refractivity contribution in [1.29, 1.82) is 0 Å². The van der Waals surface area contributed by atoms with Crippen LogP contribution >= 0.6 is 0 Å². The molecular formula is C18H26N2O2S. The Morgan fingerprint density at radius 1 is 1.00 bits per heavy atom. The average molecular weight is 334 g/mol. The zero-order valence-corrected chi connectivity index (χ0v) is 14.4. The van der Waals surface area contributed by atoms with Crippen molar-refractivity contribution < 1.29 is 8.42 Å². The van der Waals surface area contributed by atoms with E-state index in [4.69, 9.17) is 0 Å². The summed E-state index contributed by atoms with van der Waals surface area (Å²) in [5.41, 5.74) is 2.56. The van der Waals surface area contributed by atoms with Crippen molar-refractivity contribution in [3.05, 3.63) is 29.3 Å². The number of nitrogens with one attached hydrogen (secondary N) is 1. The molecule has 1 aliphatic carbocycles. The monoisotopic (exact) mass is 334 g/mol. The summed E-state index contributed by atoms with van der Waals surface area (Å²) in [5.74, 6) is 0.643. The van der Waals surface area contributed by atoms with E-state index in [0.29, 0.717) is 29.9 Å². The van der Waals surface area contributed by atoms with Crippen LogP contribution in [0.1, 0.15) is 43.2 Å². The minimum atomic E-state index is -3.32. The highest BCUT2D eigenvalue weighted by Crippen LogP contribution is 2.30. The molecule has 23 heavy (non-hydrogen) atoms. The zero-order valence-electron chi connectivity index (χ0n) is 13.6. The standard InChI is InChI=1S/C18H26N2O2S/c21-23(22,17-7-6-14-3-1-4-16(14)13-17)20-11-8-15(9-12-20)18-5-2-10-19-18/h6-7,13,15,18-19H,1-5,8-12H2. The minimum absolute atomic E-state index is 0.496. The van der Waals surface area contributed by atoms with Crippen LogP contribution in [0.2, 0.25) is 0 Å². The van der Waals surface area contributed by atoms with E-state index < -0.39 is 10.0 Å². The SMILES string of the molecule is O=S(=O)(c1ccc2c(c1)CCC2)N1CCC(C2CCCN2)CC1. The first-order valence-corrected chi connectivity index (χ1v) is 10.4. The van der Waals surface area contributed by atoms with E-state index in [1.54, 1.807) is 4.31 Å². The van der Waals surface area contributed by atoms with Crippen molar-refractivity contribution >= 4 is 10.0 Å². The lowest BCUT2D eigenvalue weighted by molar-refractivity contribution is 0.234. The van der Waals surface area contributed by atoms with E-state index >= 15 is 0 Å². The van der Waals surface area contributed by atoms with Crippen molar-refractivity contribution in [3.63, 3.8) is 0 Å².